The molecule has 0 radical (unpaired) electrons. The molecule has 0 aromatic carbocycles. The highest BCUT2D eigenvalue weighted by molar-refractivity contribution is 14.1. The van der Waals surface area contributed by atoms with Crippen LogP contribution in [0.4, 0.5) is 4.79 Å². The van der Waals surface area contributed by atoms with Gasteiger partial charge in [0.05, 0.1) is 6.04 Å². The third-order valence-corrected chi connectivity index (χ3v) is 8.43. The number of nitrogens with zero attached hydrogens (tertiary/aromatic N) is 1. The van der Waals surface area contributed by atoms with Crippen LogP contribution in [0.15, 0.2) is 0 Å². The summed E-state index contributed by atoms with van der Waals surface area (Å²) in [6, 6.07) is -0.448. The number of nitrogens with one attached hydrogen (secondary N) is 2. The zero-order valence-electron chi connectivity index (χ0n) is 21.1. The Labute approximate surface area is 224 Å². The molecule has 0 aliphatic rings. The highest BCUT2D eigenvalue weighted by Crippen LogP contribution is 2.14. The van der Waals surface area contributed by atoms with Crippen LogP contribution in [0, 0.1) is 0 Å². The molecular formula is C24H49IN3O3S2-. The number of halogens is 1. The molecule has 0 aromatic rings. The SMILES string of the molecule is CCCCCCCCCCCCCCCCSCC(CN(CCCI)S(=O)[O-])NC(=O)NC. The third-order valence-electron chi connectivity index (χ3n) is 5.70. The largest absolute Gasteiger partial charge is 0.760 e. The third kappa shape index (κ3) is 22.6. The molecule has 33 heavy (non-hydrogen) atoms. The molecule has 6 nitrogen and oxygen atoms in total. The molecule has 2 unspecified atom stereocenters. The number of hydrogen-bond donors (Lipinski definition) is 2. The fourth-order valence-electron chi connectivity index (χ4n) is 3.73. The van der Waals surface area contributed by atoms with Crippen LogP contribution in [0.5, 0.6) is 0 Å². The zero-order valence-corrected chi connectivity index (χ0v) is 24.9. The van der Waals surface area contributed by atoms with Gasteiger partial charge in [0.25, 0.3) is 0 Å². The quantitative estimate of drug-likeness (QED) is 0.0566. The summed E-state index contributed by atoms with van der Waals surface area (Å²) in [5, 5.41) is 5.46. The summed E-state index contributed by atoms with van der Waals surface area (Å²) < 4.78 is 25.3. The van der Waals surface area contributed by atoms with E-state index >= 15 is 0 Å². The van der Waals surface area contributed by atoms with Gasteiger partial charge in [0, 0.05) is 41.6 Å². The Morgan fingerprint density at radius 3 is 1.91 bits per heavy atom. The minimum absolute atomic E-state index is 0.186. The first kappa shape index (κ1) is 33.4. The molecule has 0 saturated heterocycles. The fraction of sp³-hybridized carbons (Fsp3) is 0.958. The number of hydrogen-bond acceptors (Lipinski definition) is 4. The Kier molecular flexibility index (Phi) is 25.8. The van der Waals surface area contributed by atoms with Crippen molar-refractivity contribution in [3.05, 3.63) is 0 Å². The Morgan fingerprint density at radius 1 is 0.939 bits per heavy atom. The second-order valence-electron chi connectivity index (χ2n) is 8.74. The van der Waals surface area contributed by atoms with Crippen molar-refractivity contribution in [2.45, 2.75) is 109 Å². The van der Waals surface area contributed by atoms with Crippen molar-refractivity contribution in [3.63, 3.8) is 0 Å². The van der Waals surface area contributed by atoms with Crippen LogP contribution >= 0.6 is 34.4 Å². The van der Waals surface area contributed by atoms with Crippen LogP contribution in [0.1, 0.15) is 103 Å². The van der Waals surface area contributed by atoms with E-state index in [0.717, 1.165) is 22.4 Å². The van der Waals surface area contributed by atoms with Gasteiger partial charge in [-0.1, -0.05) is 113 Å². The van der Waals surface area contributed by atoms with E-state index in [1.165, 1.54) is 94.2 Å². The molecule has 0 aromatic heterocycles. The number of rotatable bonds is 24. The van der Waals surface area contributed by atoms with Gasteiger partial charge in [-0.15, -0.1) is 0 Å². The molecule has 9 heteroatoms. The molecule has 0 heterocycles. The highest BCUT2D eigenvalue weighted by Gasteiger charge is 2.17. The first-order valence-corrected chi connectivity index (χ1v) is 16.7. The van der Waals surface area contributed by atoms with Gasteiger partial charge in [0.2, 0.25) is 0 Å². The summed E-state index contributed by atoms with van der Waals surface area (Å²) in [4.78, 5) is 11.8. The van der Waals surface area contributed by atoms with Crippen molar-refractivity contribution >= 4 is 51.7 Å². The van der Waals surface area contributed by atoms with Crippen LogP contribution in [-0.4, -0.2) is 61.2 Å². The summed E-state index contributed by atoms with van der Waals surface area (Å²) in [7, 11) is 1.58. The van der Waals surface area contributed by atoms with Crippen molar-refractivity contribution in [2.24, 2.45) is 0 Å². The summed E-state index contributed by atoms with van der Waals surface area (Å²) in [6.45, 7) is 3.09. The molecule has 0 aliphatic heterocycles. The molecule has 0 bridgehead atoms. The van der Waals surface area contributed by atoms with Crippen molar-refractivity contribution in [3.8, 4) is 0 Å². The van der Waals surface area contributed by atoms with Gasteiger partial charge in [-0.3, -0.25) is 4.21 Å². The molecule has 0 spiro atoms. The monoisotopic (exact) mass is 618 g/mol. The highest BCUT2D eigenvalue weighted by atomic mass is 127. The number of unbranched alkanes of at least 4 members (excludes halogenated alkanes) is 13. The number of amides is 2. The minimum Gasteiger partial charge on any atom is -0.760 e. The van der Waals surface area contributed by atoms with Crippen molar-refractivity contribution < 1.29 is 13.6 Å². The number of carbonyl (C=O) groups excluding carboxylic acids is 1. The molecule has 0 aliphatic carbocycles. The van der Waals surface area contributed by atoms with Crippen LogP contribution < -0.4 is 10.6 Å². The van der Waals surface area contributed by atoms with Crippen LogP contribution in [0.25, 0.3) is 0 Å². The topological polar surface area (TPSA) is 84.5 Å². The van der Waals surface area contributed by atoms with Crippen LogP contribution in [0.3, 0.4) is 0 Å². The van der Waals surface area contributed by atoms with E-state index in [2.05, 4.69) is 40.1 Å². The summed E-state index contributed by atoms with van der Waals surface area (Å²) >= 11 is 1.79. The smallest absolute Gasteiger partial charge is 0.314 e. The van der Waals surface area contributed by atoms with Gasteiger partial charge in [-0.2, -0.15) is 11.8 Å². The zero-order chi connectivity index (χ0) is 24.6. The maximum absolute atomic E-state index is 11.8. The van der Waals surface area contributed by atoms with Crippen LogP contribution in [-0.2, 0) is 11.3 Å². The Morgan fingerprint density at radius 2 is 1.45 bits per heavy atom. The predicted molar refractivity (Wildman–Crippen MR) is 153 cm³/mol. The van der Waals surface area contributed by atoms with Crippen LogP contribution in [0.2, 0.25) is 0 Å². The number of carbonyl (C=O) groups is 1. The molecule has 2 amide bonds. The average molecular weight is 619 g/mol. The van der Waals surface area contributed by atoms with Gasteiger partial charge >= 0.3 is 6.03 Å². The first-order valence-electron chi connectivity index (χ1n) is 13.0. The van der Waals surface area contributed by atoms with E-state index in [0.29, 0.717) is 13.1 Å². The van der Waals surface area contributed by atoms with Gasteiger partial charge in [-0.05, 0) is 18.6 Å². The number of urea groups is 1. The summed E-state index contributed by atoms with van der Waals surface area (Å²) in [5.41, 5.74) is 0. The number of thioether (sulfide) groups is 1. The fourth-order valence-corrected chi connectivity index (χ4v) is 5.70. The van der Waals surface area contributed by atoms with Gasteiger partial charge in [-0.25, -0.2) is 9.10 Å². The van der Waals surface area contributed by atoms with E-state index in [-0.39, 0.29) is 12.1 Å². The minimum atomic E-state index is -2.26. The summed E-state index contributed by atoms with van der Waals surface area (Å²) in [5.74, 6) is 1.78. The predicted octanol–water partition coefficient (Wildman–Crippen LogP) is 6.42. The first-order chi connectivity index (χ1) is 16.0. The molecule has 0 rings (SSSR count). The van der Waals surface area contributed by atoms with E-state index in [9.17, 15) is 13.6 Å². The number of alkyl halides is 1. The molecule has 2 atom stereocenters. The normalized spacial score (nSPS) is 13.2. The molecule has 0 fully saturated rings. The molecule has 0 saturated carbocycles. The van der Waals surface area contributed by atoms with E-state index in [1.807, 2.05) is 0 Å². The molecule has 198 valence electrons. The van der Waals surface area contributed by atoms with Crippen molar-refractivity contribution in [1.82, 2.24) is 14.9 Å². The van der Waals surface area contributed by atoms with Crippen molar-refractivity contribution in [1.29, 1.82) is 0 Å². The van der Waals surface area contributed by atoms with Gasteiger partial charge in [0.15, 0.2) is 0 Å². The lowest BCUT2D eigenvalue weighted by Crippen LogP contribution is -2.48. The van der Waals surface area contributed by atoms with Crippen molar-refractivity contribution in [2.75, 3.05) is 36.1 Å². The van der Waals surface area contributed by atoms with E-state index in [4.69, 9.17) is 0 Å². The standard InChI is InChI=1S/C24H50IN3O3S2/c1-3-4-5-6-7-8-9-10-11-12-13-14-15-16-20-32-22-23(27-24(29)26-2)21-28(33(30)31)19-17-18-25/h23H,3-22H2,1-2H3,(H,30,31)(H2,26,27,29)/p-1. The Balaban J connectivity index is 3.80. The maximum atomic E-state index is 11.8. The molecule has 2 N–H and O–H groups in total. The maximum Gasteiger partial charge on any atom is 0.314 e. The Bertz CT molecular complexity index is 476. The summed E-state index contributed by atoms with van der Waals surface area (Å²) in [6.07, 6.45) is 19.8. The second-order valence-corrected chi connectivity index (χ2v) is 11.9. The lowest BCUT2D eigenvalue weighted by atomic mass is 10.0. The lowest BCUT2D eigenvalue weighted by molar-refractivity contribution is 0.237. The van der Waals surface area contributed by atoms with E-state index < -0.39 is 11.3 Å². The van der Waals surface area contributed by atoms with Gasteiger partial charge in [0.1, 0.15) is 0 Å². The van der Waals surface area contributed by atoms with Gasteiger partial charge < -0.3 is 15.2 Å². The van der Waals surface area contributed by atoms with E-state index in [1.54, 1.807) is 18.8 Å². The average Bonchev–Trinajstić information content (AvgIpc) is 2.80. The second kappa shape index (κ2) is 25.5. The lowest BCUT2D eigenvalue weighted by Gasteiger charge is -2.29. The molecular weight excluding hydrogens is 569 g/mol. The Hall–Kier alpha value is 0.420.